The summed E-state index contributed by atoms with van der Waals surface area (Å²) in [5, 5.41) is 0. The summed E-state index contributed by atoms with van der Waals surface area (Å²) in [5.74, 6) is 1.19. The molecule has 3 atom stereocenters. The van der Waals surface area contributed by atoms with Crippen LogP contribution in [0.4, 0.5) is 13.2 Å². The zero-order valence-electron chi connectivity index (χ0n) is 9.75. The Morgan fingerprint density at radius 3 is 2.65 bits per heavy atom. The summed E-state index contributed by atoms with van der Waals surface area (Å²) < 4.78 is 40.1. The standard InChI is InChI=1S/C11H19F3N2O/c12-11(13,14)7-17-4-3-16-5-8-1-2-10(15)9(8)6-16/h8-10H,1-7,15H2. The van der Waals surface area contributed by atoms with E-state index >= 15 is 0 Å². The number of nitrogens with zero attached hydrogens (tertiary/aromatic N) is 1. The van der Waals surface area contributed by atoms with Crippen LogP contribution in [0, 0.1) is 11.8 Å². The molecule has 0 spiro atoms. The van der Waals surface area contributed by atoms with Gasteiger partial charge in [0.1, 0.15) is 6.61 Å². The van der Waals surface area contributed by atoms with E-state index in [2.05, 4.69) is 9.64 Å². The maximum atomic E-state index is 11.8. The van der Waals surface area contributed by atoms with Gasteiger partial charge in [0.2, 0.25) is 0 Å². The summed E-state index contributed by atoms with van der Waals surface area (Å²) in [6.45, 7) is 1.46. The van der Waals surface area contributed by atoms with Crippen molar-refractivity contribution < 1.29 is 17.9 Å². The minimum Gasteiger partial charge on any atom is -0.371 e. The number of fused-ring (bicyclic) bond motifs is 1. The smallest absolute Gasteiger partial charge is 0.371 e. The fourth-order valence-electron chi connectivity index (χ4n) is 2.96. The Morgan fingerprint density at radius 2 is 2.00 bits per heavy atom. The van der Waals surface area contributed by atoms with Crippen molar-refractivity contribution in [2.75, 3.05) is 32.8 Å². The van der Waals surface area contributed by atoms with Crippen LogP contribution in [0.5, 0.6) is 0 Å². The largest absolute Gasteiger partial charge is 0.411 e. The van der Waals surface area contributed by atoms with Gasteiger partial charge in [0.05, 0.1) is 6.61 Å². The summed E-state index contributed by atoms with van der Waals surface area (Å²) in [4.78, 5) is 2.17. The minimum absolute atomic E-state index is 0.147. The molecule has 1 heterocycles. The molecular formula is C11H19F3N2O. The second kappa shape index (κ2) is 5.12. The highest BCUT2D eigenvalue weighted by Crippen LogP contribution is 2.36. The summed E-state index contributed by atoms with van der Waals surface area (Å²) >= 11 is 0. The molecular weight excluding hydrogens is 233 g/mol. The van der Waals surface area contributed by atoms with E-state index in [1.54, 1.807) is 0 Å². The van der Waals surface area contributed by atoms with Gasteiger partial charge in [0, 0.05) is 25.7 Å². The Balaban J connectivity index is 1.62. The number of rotatable bonds is 4. The lowest BCUT2D eigenvalue weighted by Gasteiger charge is -2.18. The lowest BCUT2D eigenvalue weighted by Crippen LogP contribution is -2.32. The molecule has 17 heavy (non-hydrogen) atoms. The van der Waals surface area contributed by atoms with E-state index in [1.807, 2.05) is 0 Å². The Bertz CT molecular complexity index is 260. The first-order valence-corrected chi connectivity index (χ1v) is 6.08. The summed E-state index contributed by atoms with van der Waals surface area (Å²) in [6.07, 6.45) is -1.97. The van der Waals surface area contributed by atoms with Crippen LogP contribution in [0.15, 0.2) is 0 Å². The molecule has 0 aromatic rings. The fraction of sp³-hybridized carbons (Fsp3) is 1.00. The molecule has 0 aromatic heterocycles. The van der Waals surface area contributed by atoms with Gasteiger partial charge < -0.3 is 15.4 Å². The number of alkyl halides is 3. The Kier molecular flexibility index (Phi) is 3.95. The van der Waals surface area contributed by atoms with E-state index in [1.165, 1.54) is 0 Å². The number of hydrogen-bond donors (Lipinski definition) is 1. The quantitative estimate of drug-likeness (QED) is 0.765. The van der Waals surface area contributed by atoms with Gasteiger partial charge >= 0.3 is 6.18 Å². The molecule has 2 fully saturated rings. The summed E-state index contributed by atoms with van der Waals surface area (Å²) in [5.41, 5.74) is 5.99. The second-order valence-corrected chi connectivity index (χ2v) is 5.09. The van der Waals surface area contributed by atoms with Crippen molar-refractivity contribution in [2.45, 2.75) is 25.1 Å². The number of hydrogen-bond acceptors (Lipinski definition) is 3. The van der Waals surface area contributed by atoms with Gasteiger partial charge in [-0.1, -0.05) is 0 Å². The third kappa shape index (κ3) is 3.56. The maximum Gasteiger partial charge on any atom is 0.411 e. The zero-order valence-corrected chi connectivity index (χ0v) is 9.75. The van der Waals surface area contributed by atoms with Crippen LogP contribution in [-0.4, -0.2) is 50.0 Å². The summed E-state index contributed by atoms with van der Waals surface area (Å²) in [6, 6.07) is 0.279. The molecule has 6 heteroatoms. The highest BCUT2D eigenvalue weighted by Gasteiger charge is 2.40. The van der Waals surface area contributed by atoms with Crippen LogP contribution in [0.3, 0.4) is 0 Å². The Morgan fingerprint density at radius 1 is 1.24 bits per heavy atom. The Hall–Kier alpha value is -0.330. The zero-order chi connectivity index (χ0) is 12.5. The average Bonchev–Trinajstić information content (AvgIpc) is 2.75. The van der Waals surface area contributed by atoms with Crippen molar-refractivity contribution >= 4 is 0 Å². The molecule has 2 rings (SSSR count). The van der Waals surface area contributed by atoms with Gasteiger partial charge in [-0.15, -0.1) is 0 Å². The van der Waals surface area contributed by atoms with E-state index in [0.717, 1.165) is 25.9 Å². The van der Waals surface area contributed by atoms with Crippen molar-refractivity contribution in [3.05, 3.63) is 0 Å². The van der Waals surface area contributed by atoms with Gasteiger partial charge in [0.25, 0.3) is 0 Å². The molecule has 3 nitrogen and oxygen atoms in total. The van der Waals surface area contributed by atoms with Gasteiger partial charge in [-0.2, -0.15) is 13.2 Å². The second-order valence-electron chi connectivity index (χ2n) is 5.09. The van der Waals surface area contributed by atoms with Gasteiger partial charge in [0.15, 0.2) is 0 Å². The van der Waals surface area contributed by atoms with E-state index in [-0.39, 0.29) is 12.6 Å². The van der Waals surface area contributed by atoms with Crippen LogP contribution < -0.4 is 5.73 Å². The fourth-order valence-corrected chi connectivity index (χ4v) is 2.96. The molecule has 2 aliphatic rings. The molecule has 1 saturated heterocycles. The van der Waals surface area contributed by atoms with Gasteiger partial charge in [-0.05, 0) is 24.7 Å². The van der Waals surface area contributed by atoms with Crippen molar-refractivity contribution in [2.24, 2.45) is 17.6 Å². The maximum absolute atomic E-state index is 11.8. The van der Waals surface area contributed by atoms with E-state index in [0.29, 0.717) is 18.4 Å². The monoisotopic (exact) mass is 252 g/mol. The number of likely N-dealkylation sites (tertiary alicyclic amines) is 1. The number of halogens is 3. The van der Waals surface area contributed by atoms with Crippen molar-refractivity contribution in [1.82, 2.24) is 4.90 Å². The normalized spacial score (nSPS) is 34.2. The molecule has 0 bridgehead atoms. The van der Waals surface area contributed by atoms with Crippen LogP contribution >= 0.6 is 0 Å². The lowest BCUT2D eigenvalue weighted by molar-refractivity contribution is -0.174. The predicted octanol–water partition coefficient (Wildman–Crippen LogP) is 1.23. The molecule has 1 saturated carbocycles. The van der Waals surface area contributed by atoms with Crippen LogP contribution in [-0.2, 0) is 4.74 Å². The first kappa shape index (κ1) is 13.1. The van der Waals surface area contributed by atoms with Gasteiger partial charge in [-0.3, -0.25) is 0 Å². The molecule has 0 amide bonds. The molecule has 1 aliphatic carbocycles. The first-order chi connectivity index (χ1) is 7.96. The van der Waals surface area contributed by atoms with Crippen LogP contribution in [0.2, 0.25) is 0 Å². The highest BCUT2D eigenvalue weighted by atomic mass is 19.4. The summed E-state index contributed by atoms with van der Waals surface area (Å²) in [7, 11) is 0. The van der Waals surface area contributed by atoms with Gasteiger partial charge in [-0.25, -0.2) is 0 Å². The average molecular weight is 252 g/mol. The van der Waals surface area contributed by atoms with Crippen molar-refractivity contribution in [3.8, 4) is 0 Å². The van der Waals surface area contributed by atoms with Crippen molar-refractivity contribution in [1.29, 1.82) is 0 Å². The van der Waals surface area contributed by atoms with E-state index in [9.17, 15) is 13.2 Å². The number of ether oxygens (including phenoxy) is 1. The van der Waals surface area contributed by atoms with Crippen LogP contribution in [0.25, 0.3) is 0 Å². The van der Waals surface area contributed by atoms with Crippen molar-refractivity contribution in [3.63, 3.8) is 0 Å². The first-order valence-electron chi connectivity index (χ1n) is 6.08. The van der Waals surface area contributed by atoms with E-state index in [4.69, 9.17) is 5.73 Å². The molecule has 100 valence electrons. The van der Waals surface area contributed by atoms with Crippen LogP contribution in [0.1, 0.15) is 12.8 Å². The SMILES string of the molecule is NC1CCC2CN(CCOCC(F)(F)F)CC12. The molecule has 0 aromatic carbocycles. The third-order valence-electron chi connectivity index (χ3n) is 3.81. The highest BCUT2D eigenvalue weighted by molar-refractivity contribution is 4.95. The van der Waals surface area contributed by atoms with E-state index < -0.39 is 12.8 Å². The third-order valence-corrected chi connectivity index (χ3v) is 3.81. The Labute approximate surface area is 99.1 Å². The lowest BCUT2D eigenvalue weighted by atomic mass is 9.98. The number of nitrogens with two attached hydrogens (primary N) is 1. The molecule has 3 unspecified atom stereocenters. The molecule has 0 radical (unpaired) electrons. The molecule has 2 N–H and O–H groups in total. The molecule has 1 aliphatic heterocycles. The minimum atomic E-state index is -4.22. The topological polar surface area (TPSA) is 38.5 Å². The predicted molar refractivity (Wildman–Crippen MR) is 57.5 cm³/mol.